The largest absolute Gasteiger partial charge is 0.382 e. The van der Waals surface area contributed by atoms with E-state index in [2.05, 4.69) is 10.5 Å². The number of methoxy groups -OCH3 is 1. The summed E-state index contributed by atoms with van der Waals surface area (Å²) < 4.78 is 4.79. The summed E-state index contributed by atoms with van der Waals surface area (Å²) in [6.45, 7) is 2.75. The van der Waals surface area contributed by atoms with Crippen LogP contribution in [0.4, 0.5) is 0 Å². The average Bonchev–Trinajstić information content (AvgIpc) is 2.34. The van der Waals surface area contributed by atoms with Crippen LogP contribution in [0, 0.1) is 0 Å². The number of nitrogens with one attached hydrogen (secondary N) is 1. The Morgan fingerprint density at radius 2 is 2.22 bits per heavy atom. The monoisotopic (exact) mass is 272 g/mol. The highest BCUT2D eigenvalue weighted by Gasteiger charge is 2.09. The minimum atomic E-state index is -0.340. The van der Waals surface area contributed by atoms with E-state index in [1.54, 1.807) is 13.2 Å². The topological polar surface area (TPSA) is 60.5 Å². The van der Waals surface area contributed by atoms with Gasteiger partial charge in [-0.05, 0) is 18.6 Å². The number of carbonyl (C=O) groups is 1. The molecule has 1 aromatic rings. The fraction of sp³-hybridized carbons (Fsp3) is 0.500. The molecule has 0 radical (unpaired) electrons. The predicted octanol–water partition coefficient (Wildman–Crippen LogP) is 2.00. The number of hydroxylamine groups is 1. The number of aromatic nitrogens is 1. The normalized spacial score (nSPS) is 10.4. The predicted molar refractivity (Wildman–Crippen MR) is 68.5 cm³/mol. The number of hydrogen-bond donors (Lipinski definition) is 1. The van der Waals surface area contributed by atoms with Crippen molar-refractivity contribution < 1.29 is 14.4 Å². The Balaban J connectivity index is 2.61. The second-order valence-corrected chi connectivity index (χ2v) is 4.08. The molecule has 1 heterocycles. The van der Waals surface area contributed by atoms with Gasteiger partial charge in [-0.25, -0.2) is 10.5 Å². The molecule has 0 aliphatic rings. The number of aryl methyl sites for hydroxylation is 1. The molecular formula is C12H17ClN2O3. The number of nitrogens with zero attached hydrogens (tertiary/aromatic N) is 1. The zero-order valence-electron chi connectivity index (χ0n) is 10.5. The summed E-state index contributed by atoms with van der Waals surface area (Å²) in [5, 5.41) is 0.308. The SMILES string of the molecule is CCCc1cc(C(=O)NOCCOC)cc(Cl)n1. The second kappa shape index (κ2) is 8.02. The molecule has 0 aliphatic carbocycles. The first-order valence-electron chi connectivity index (χ1n) is 5.75. The lowest BCUT2D eigenvalue weighted by atomic mass is 10.1. The lowest BCUT2D eigenvalue weighted by Gasteiger charge is -2.07. The van der Waals surface area contributed by atoms with Crippen molar-refractivity contribution in [2.75, 3.05) is 20.3 Å². The van der Waals surface area contributed by atoms with Crippen LogP contribution in [0.15, 0.2) is 12.1 Å². The van der Waals surface area contributed by atoms with E-state index in [0.29, 0.717) is 23.9 Å². The van der Waals surface area contributed by atoms with Crippen LogP contribution in [-0.2, 0) is 16.0 Å². The maximum atomic E-state index is 11.8. The first kappa shape index (κ1) is 14.9. The number of amides is 1. The molecule has 18 heavy (non-hydrogen) atoms. The zero-order chi connectivity index (χ0) is 13.4. The molecule has 0 aromatic carbocycles. The maximum Gasteiger partial charge on any atom is 0.275 e. The van der Waals surface area contributed by atoms with Gasteiger partial charge in [-0.1, -0.05) is 24.9 Å². The molecule has 0 unspecified atom stereocenters. The van der Waals surface area contributed by atoms with Crippen LogP contribution in [0.3, 0.4) is 0 Å². The maximum absolute atomic E-state index is 11.8. The molecule has 6 heteroatoms. The van der Waals surface area contributed by atoms with Crippen molar-refractivity contribution in [2.24, 2.45) is 0 Å². The van der Waals surface area contributed by atoms with Gasteiger partial charge >= 0.3 is 0 Å². The van der Waals surface area contributed by atoms with E-state index >= 15 is 0 Å². The summed E-state index contributed by atoms with van der Waals surface area (Å²) in [7, 11) is 1.56. The van der Waals surface area contributed by atoms with Crippen LogP contribution >= 0.6 is 11.6 Å². The molecule has 0 bridgehead atoms. The molecule has 0 aliphatic heterocycles. The van der Waals surface area contributed by atoms with E-state index in [1.807, 2.05) is 6.92 Å². The molecule has 1 aromatic heterocycles. The third kappa shape index (κ3) is 5.00. The van der Waals surface area contributed by atoms with E-state index in [9.17, 15) is 4.79 Å². The van der Waals surface area contributed by atoms with Crippen molar-refractivity contribution in [3.05, 3.63) is 28.5 Å². The van der Waals surface area contributed by atoms with Crippen molar-refractivity contribution in [1.29, 1.82) is 0 Å². The van der Waals surface area contributed by atoms with Crippen molar-refractivity contribution in [3.63, 3.8) is 0 Å². The van der Waals surface area contributed by atoms with Crippen molar-refractivity contribution in [2.45, 2.75) is 19.8 Å². The fourth-order valence-corrected chi connectivity index (χ4v) is 1.59. The van der Waals surface area contributed by atoms with Crippen molar-refractivity contribution in [1.82, 2.24) is 10.5 Å². The van der Waals surface area contributed by atoms with Crippen LogP contribution in [0.1, 0.15) is 29.4 Å². The van der Waals surface area contributed by atoms with E-state index in [0.717, 1.165) is 18.5 Å². The third-order valence-electron chi connectivity index (χ3n) is 2.17. The molecule has 0 saturated carbocycles. The molecule has 100 valence electrons. The third-order valence-corrected chi connectivity index (χ3v) is 2.36. The Kier molecular flexibility index (Phi) is 6.64. The summed E-state index contributed by atoms with van der Waals surface area (Å²) in [5.41, 5.74) is 3.56. The van der Waals surface area contributed by atoms with Gasteiger partial charge in [0.25, 0.3) is 5.91 Å². The molecule has 1 amide bonds. The Labute approximate surface area is 111 Å². The Morgan fingerprint density at radius 1 is 1.44 bits per heavy atom. The van der Waals surface area contributed by atoms with Gasteiger partial charge in [0.1, 0.15) is 5.15 Å². The lowest BCUT2D eigenvalue weighted by Crippen LogP contribution is -2.25. The van der Waals surface area contributed by atoms with Gasteiger partial charge in [0.15, 0.2) is 0 Å². The minimum absolute atomic E-state index is 0.295. The van der Waals surface area contributed by atoms with Crippen molar-refractivity contribution in [3.8, 4) is 0 Å². The minimum Gasteiger partial charge on any atom is -0.382 e. The van der Waals surface area contributed by atoms with E-state index < -0.39 is 0 Å². The zero-order valence-corrected chi connectivity index (χ0v) is 11.3. The molecule has 1 rings (SSSR count). The smallest absolute Gasteiger partial charge is 0.275 e. The number of halogens is 1. The summed E-state index contributed by atoms with van der Waals surface area (Å²) >= 11 is 5.86. The van der Waals surface area contributed by atoms with E-state index in [4.69, 9.17) is 21.2 Å². The van der Waals surface area contributed by atoms with E-state index in [1.165, 1.54) is 6.07 Å². The van der Waals surface area contributed by atoms with Gasteiger partial charge < -0.3 is 4.74 Å². The van der Waals surface area contributed by atoms with Gasteiger partial charge in [-0.3, -0.25) is 9.63 Å². The second-order valence-electron chi connectivity index (χ2n) is 3.69. The van der Waals surface area contributed by atoms with Crippen LogP contribution < -0.4 is 5.48 Å². The first-order valence-corrected chi connectivity index (χ1v) is 6.12. The molecule has 5 nitrogen and oxygen atoms in total. The quantitative estimate of drug-likeness (QED) is 0.468. The summed E-state index contributed by atoms with van der Waals surface area (Å²) in [4.78, 5) is 20.8. The van der Waals surface area contributed by atoms with Gasteiger partial charge in [-0.15, -0.1) is 0 Å². The highest BCUT2D eigenvalue weighted by atomic mass is 35.5. The van der Waals surface area contributed by atoms with Gasteiger partial charge in [0, 0.05) is 18.4 Å². The average molecular weight is 273 g/mol. The van der Waals surface area contributed by atoms with Crippen LogP contribution in [-0.4, -0.2) is 31.2 Å². The first-order chi connectivity index (χ1) is 8.67. The molecule has 0 fully saturated rings. The Hall–Kier alpha value is -1.17. The van der Waals surface area contributed by atoms with E-state index in [-0.39, 0.29) is 5.91 Å². The summed E-state index contributed by atoms with van der Waals surface area (Å²) in [5.74, 6) is -0.340. The number of hydrogen-bond acceptors (Lipinski definition) is 4. The number of carbonyl (C=O) groups excluding carboxylic acids is 1. The number of pyridine rings is 1. The van der Waals surface area contributed by atoms with Crippen LogP contribution in [0.5, 0.6) is 0 Å². The highest BCUT2D eigenvalue weighted by molar-refractivity contribution is 6.29. The van der Waals surface area contributed by atoms with Gasteiger partial charge in [0.05, 0.1) is 13.2 Å². The Morgan fingerprint density at radius 3 is 2.89 bits per heavy atom. The summed E-state index contributed by atoms with van der Waals surface area (Å²) in [6.07, 6.45) is 1.73. The fourth-order valence-electron chi connectivity index (χ4n) is 1.37. The number of rotatable bonds is 7. The molecule has 0 atom stereocenters. The molecule has 1 N–H and O–H groups in total. The summed E-state index contributed by atoms with van der Waals surface area (Å²) in [6, 6.07) is 3.22. The lowest BCUT2D eigenvalue weighted by molar-refractivity contribution is 0.00887. The van der Waals surface area contributed by atoms with Crippen molar-refractivity contribution >= 4 is 17.5 Å². The molecular weight excluding hydrogens is 256 g/mol. The van der Waals surface area contributed by atoms with Crippen LogP contribution in [0.25, 0.3) is 0 Å². The molecule has 0 spiro atoms. The standard InChI is InChI=1S/C12H17ClN2O3/c1-3-4-10-7-9(8-11(13)14-10)12(16)15-18-6-5-17-2/h7-8H,3-6H2,1-2H3,(H,15,16). The highest BCUT2D eigenvalue weighted by Crippen LogP contribution is 2.12. The number of ether oxygens (including phenoxy) is 1. The van der Waals surface area contributed by atoms with Gasteiger partial charge in [0.2, 0.25) is 0 Å². The van der Waals surface area contributed by atoms with Crippen LogP contribution in [0.2, 0.25) is 5.15 Å². The Bertz CT molecular complexity index is 399. The van der Waals surface area contributed by atoms with Gasteiger partial charge in [-0.2, -0.15) is 0 Å². The molecule has 0 saturated heterocycles.